The summed E-state index contributed by atoms with van der Waals surface area (Å²) >= 11 is 0. The van der Waals surface area contributed by atoms with Crippen LogP contribution in [0.2, 0.25) is 0 Å². The Morgan fingerprint density at radius 1 is 1.42 bits per heavy atom. The Hall–Kier alpha value is -0.120. The molecular formula is C9H22N2O. The van der Waals surface area contributed by atoms with Gasteiger partial charge in [-0.15, -0.1) is 0 Å². The van der Waals surface area contributed by atoms with Gasteiger partial charge in [-0.05, 0) is 39.8 Å². The summed E-state index contributed by atoms with van der Waals surface area (Å²) in [4.78, 5) is 0. The summed E-state index contributed by atoms with van der Waals surface area (Å²) < 4.78 is 4.95. The average molecular weight is 174 g/mol. The van der Waals surface area contributed by atoms with Crippen LogP contribution < -0.4 is 11.1 Å². The van der Waals surface area contributed by atoms with Gasteiger partial charge in [-0.1, -0.05) is 0 Å². The van der Waals surface area contributed by atoms with Gasteiger partial charge < -0.3 is 15.8 Å². The minimum atomic E-state index is 0.169. The van der Waals surface area contributed by atoms with Crippen LogP contribution in [-0.2, 0) is 4.74 Å². The van der Waals surface area contributed by atoms with E-state index in [1.54, 1.807) is 7.11 Å². The summed E-state index contributed by atoms with van der Waals surface area (Å²) in [6.07, 6.45) is 2.07. The van der Waals surface area contributed by atoms with E-state index in [-0.39, 0.29) is 5.54 Å². The molecule has 3 heteroatoms. The highest BCUT2D eigenvalue weighted by Gasteiger charge is 2.14. The lowest BCUT2D eigenvalue weighted by Crippen LogP contribution is -2.41. The molecule has 0 aliphatic rings. The van der Waals surface area contributed by atoms with Crippen LogP contribution >= 0.6 is 0 Å². The number of rotatable bonds is 7. The fourth-order valence-electron chi connectivity index (χ4n) is 1.09. The van der Waals surface area contributed by atoms with Crippen LogP contribution in [0.25, 0.3) is 0 Å². The SMILES string of the molecule is COCCCNC(C)(C)CCN. The summed E-state index contributed by atoms with van der Waals surface area (Å²) in [5.41, 5.74) is 5.65. The number of methoxy groups -OCH3 is 1. The highest BCUT2D eigenvalue weighted by Crippen LogP contribution is 2.05. The molecule has 0 saturated carbocycles. The van der Waals surface area contributed by atoms with E-state index in [0.29, 0.717) is 0 Å². The Bertz CT molecular complexity index is 105. The van der Waals surface area contributed by atoms with Crippen LogP contribution in [0.3, 0.4) is 0 Å². The third-order valence-corrected chi connectivity index (χ3v) is 1.90. The minimum Gasteiger partial charge on any atom is -0.385 e. The third kappa shape index (κ3) is 6.58. The summed E-state index contributed by atoms with van der Waals surface area (Å²) in [6, 6.07) is 0. The summed E-state index contributed by atoms with van der Waals surface area (Å²) in [7, 11) is 1.73. The van der Waals surface area contributed by atoms with Crippen LogP contribution in [0.4, 0.5) is 0 Å². The third-order valence-electron chi connectivity index (χ3n) is 1.90. The van der Waals surface area contributed by atoms with Gasteiger partial charge in [0.1, 0.15) is 0 Å². The maximum atomic E-state index is 5.48. The molecule has 0 aromatic rings. The van der Waals surface area contributed by atoms with Gasteiger partial charge in [0.25, 0.3) is 0 Å². The van der Waals surface area contributed by atoms with Gasteiger partial charge in [-0.3, -0.25) is 0 Å². The second-order valence-electron chi connectivity index (χ2n) is 3.70. The first-order valence-corrected chi connectivity index (χ1v) is 4.56. The fourth-order valence-corrected chi connectivity index (χ4v) is 1.09. The Kier molecular flexibility index (Phi) is 6.34. The van der Waals surface area contributed by atoms with E-state index in [0.717, 1.165) is 32.5 Å². The highest BCUT2D eigenvalue weighted by molar-refractivity contribution is 4.77. The summed E-state index contributed by atoms with van der Waals surface area (Å²) in [5.74, 6) is 0. The summed E-state index contributed by atoms with van der Waals surface area (Å²) in [6.45, 7) is 6.91. The molecule has 12 heavy (non-hydrogen) atoms. The van der Waals surface area contributed by atoms with Crippen molar-refractivity contribution in [3.8, 4) is 0 Å². The zero-order valence-corrected chi connectivity index (χ0v) is 8.52. The predicted molar refractivity (Wildman–Crippen MR) is 52.2 cm³/mol. The quantitative estimate of drug-likeness (QED) is 0.560. The second kappa shape index (κ2) is 6.40. The molecule has 0 spiro atoms. The molecule has 0 saturated heterocycles. The molecule has 0 aliphatic carbocycles. The van der Waals surface area contributed by atoms with Gasteiger partial charge in [-0.25, -0.2) is 0 Å². The van der Waals surface area contributed by atoms with E-state index < -0.39 is 0 Å². The Morgan fingerprint density at radius 3 is 2.58 bits per heavy atom. The fraction of sp³-hybridized carbons (Fsp3) is 1.00. The van der Waals surface area contributed by atoms with Gasteiger partial charge >= 0.3 is 0 Å². The molecule has 3 N–H and O–H groups in total. The van der Waals surface area contributed by atoms with E-state index in [4.69, 9.17) is 10.5 Å². The molecule has 0 aromatic carbocycles. The number of hydrogen-bond donors (Lipinski definition) is 2. The summed E-state index contributed by atoms with van der Waals surface area (Å²) in [5, 5.41) is 3.43. The second-order valence-corrected chi connectivity index (χ2v) is 3.70. The van der Waals surface area contributed by atoms with Crippen LogP contribution in [0.15, 0.2) is 0 Å². The molecule has 0 bridgehead atoms. The van der Waals surface area contributed by atoms with E-state index in [9.17, 15) is 0 Å². The molecule has 0 atom stereocenters. The standard InChI is InChI=1S/C9H22N2O/c1-9(2,5-6-10)11-7-4-8-12-3/h11H,4-8,10H2,1-3H3. The number of nitrogens with one attached hydrogen (secondary N) is 1. The van der Waals surface area contributed by atoms with Gasteiger partial charge in [0.05, 0.1) is 0 Å². The topological polar surface area (TPSA) is 47.3 Å². The maximum absolute atomic E-state index is 5.48. The van der Waals surface area contributed by atoms with Crippen molar-refractivity contribution < 1.29 is 4.74 Å². The smallest absolute Gasteiger partial charge is 0.0474 e. The lowest BCUT2D eigenvalue weighted by molar-refractivity contribution is 0.190. The molecule has 3 nitrogen and oxygen atoms in total. The van der Waals surface area contributed by atoms with Crippen LogP contribution in [0.1, 0.15) is 26.7 Å². The molecule has 0 fully saturated rings. The lowest BCUT2D eigenvalue weighted by atomic mass is 10.0. The van der Waals surface area contributed by atoms with Crippen molar-refractivity contribution in [1.29, 1.82) is 0 Å². The van der Waals surface area contributed by atoms with Gasteiger partial charge in [-0.2, -0.15) is 0 Å². The van der Waals surface area contributed by atoms with E-state index in [1.807, 2.05) is 0 Å². The van der Waals surface area contributed by atoms with Crippen LogP contribution in [-0.4, -0.2) is 32.3 Å². The molecule has 0 unspecified atom stereocenters. The average Bonchev–Trinajstić information content (AvgIpc) is 1.98. The largest absolute Gasteiger partial charge is 0.385 e. The first-order valence-electron chi connectivity index (χ1n) is 4.56. The van der Waals surface area contributed by atoms with Crippen molar-refractivity contribution in [3.63, 3.8) is 0 Å². The minimum absolute atomic E-state index is 0.169. The maximum Gasteiger partial charge on any atom is 0.0474 e. The lowest BCUT2D eigenvalue weighted by Gasteiger charge is -2.25. The molecule has 0 radical (unpaired) electrons. The highest BCUT2D eigenvalue weighted by atomic mass is 16.5. The Morgan fingerprint density at radius 2 is 2.08 bits per heavy atom. The van der Waals surface area contributed by atoms with Crippen molar-refractivity contribution in [1.82, 2.24) is 5.32 Å². The zero-order valence-electron chi connectivity index (χ0n) is 8.52. The predicted octanol–water partition coefficient (Wildman–Crippen LogP) is 0.740. The van der Waals surface area contributed by atoms with Gasteiger partial charge in [0.15, 0.2) is 0 Å². The molecule has 0 aromatic heterocycles. The Balaban J connectivity index is 3.33. The monoisotopic (exact) mass is 174 g/mol. The molecule has 0 heterocycles. The first kappa shape index (κ1) is 11.9. The molecular weight excluding hydrogens is 152 g/mol. The van der Waals surface area contributed by atoms with Gasteiger partial charge in [0.2, 0.25) is 0 Å². The molecule has 0 rings (SSSR count). The van der Waals surface area contributed by atoms with E-state index in [1.165, 1.54) is 0 Å². The zero-order chi connectivity index (χ0) is 9.45. The van der Waals surface area contributed by atoms with Crippen LogP contribution in [0, 0.1) is 0 Å². The first-order chi connectivity index (χ1) is 5.62. The molecule has 74 valence electrons. The molecule has 0 aliphatic heterocycles. The van der Waals surface area contributed by atoms with Crippen molar-refractivity contribution in [2.75, 3.05) is 26.8 Å². The Labute approximate surface area is 75.7 Å². The number of nitrogens with two attached hydrogens (primary N) is 1. The van der Waals surface area contributed by atoms with Crippen LogP contribution in [0.5, 0.6) is 0 Å². The van der Waals surface area contributed by atoms with Crippen molar-refractivity contribution in [2.45, 2.75) is 32.2 Å². The molecule has 0 amide bonds. The van der Waals surface area contributed by atoms with E-state index >= 15 is 0 Å². The van der Waals surface area contributed by atoms with Gasteiger partial charge in [0, 0.05) is 19.3 Å². The van der Waals surface area contributed by atoms with Crippen molar-refractivity contribution >= 4 is 0 Å². The van der Waals surface area contributed by atoms with E-state index in [2.05, 4.69) is 19.2 Å². The number of hydrogen-bond acceptors (Lipinski definition) is 3. The number of ether oxygens (including phenoxy) is 1. The van der Waals surface area contributed by atoms with Crippen molar-refractivity contribution in [3.05, 3.63) is 0 Å². The van der Waals surface area contributed by atoms with Crippen molar-refractivity contribution in [2.24, 2.45) is 5.73 Å². The normalized spacial score (nSPS) is 12.0.